The van der Waals surface area contributed by atoms with Gasteiger partial charge in [0.2, 0.25) is 0 Å². The molecule has 0 bridgehead atoms. The molecular formula is C21H19N. The molecule has 0 spiro atoms. The summed E-state index contributed by atoms with van der Waals surface area (Å²) >= 11 is 0. The van der Waals surface area contributed by atoms with E-state index in [0.717, 1.165) is 6.42 Å². The largest absolute Gasteiger partial charge is 0.344 e. The van der Waals surface area contributed by atoms with Gasteiger partial charge in [-0.25, -0.2) is 0 Å². The van der Waals surface area contributed by atoms with Crippen LogP contribution in [0.4, 0.5) is 0 Å². The quantitative estimate of drug-likeness (QED) is 0.454. The highest BCUT2D eigenvalue weighted by molar-refractivity contribution is 6.08. The number of rotatable bonds is 2. The van der Waals surface area contributed by atoms with Gasteiger partial charge in [-0.15, -0.1) is 0 Å². The monoisotopic (exact) mass is 285 g/mol. The van der Waals surface area contributed by atoms with Crippen molar-refractivity contribution in [1.82, 2.24) is 4.57 Å². The van der Waals surface area contributed by atoms with Crippen molar-refractivity contribution in [1.29, 1.82) is 0 Å². The van der Waals surface area contributed by atoms with E-state index in [0.29, 0.717) is 0 Å². The molecule has 0 saturated carbocycles. The molecule has 4 aromatic rings. The fraction of sp³-hybridized carbons (Fsp3) is 0.143. The Balaban J connectivity index is 1.93. The number of hydrogen-bond donors (Lipinski definition) is 0. The van der Waals surface area contributed by atoms with Gasteiger partial charge in [-0.1, -0.05) is 61.5 Å². The van der Waals surface area contributed by atoms with Gasteiger partial charge in [0.1, 0.15) is 0 Å². The SMILES string of the molecule is CCc1ccc(-c2ccc3c4ccccc4n(C)c3c2)cc1. The van der Waals surface area contributed by atoms with E-state index in [9.17, 15) is 0 Å². The molecular weight excluding hydrogens is 266 g/mol. The molecule has 0 saturated heterocycles. The van der Waals surface area contributed by atoms with Crippen LogP contribution in [0.25, 0.3) is 32.9 Å². The first kappa shape index (κ1) is 13.1. The lowest BCUT2D eigenvalue weighted by molar-refractivity contribution is 1.01. The van der Waals surface area contributed by atoms with E-state index in [2.05, 4.69) is 85.3 Å². The van der Waals surface area contributed by atoms with E-state index in [1.54, 1.807) is 0 Å². The van der Waals surface area contributed by atoms with Crippen molar-refractivity contribution in [2.45, 2.75) is 13.3 Å². The Hall–Kier alpha value is -2.54. The van der Waals surface area contributed by atoms with Crippen LogP contribution in [-0.4, -0.2) is 4.57 Å². The normalized spacial score (nSPS) is 11.4. The summed E-state index contributed by atoms with van der Waals surface area (Å²) in [4.78, 5) is 0. The lowest BCUT2D eigenvalue weighted by Gasteiger charge is -2.05. The number of benzene rings is 3. The van der Waals surface area contributed by atoms with Crippen LogP contribution in [-0.2, 0) is 13.5 Å². The minimum absolute atomic E-state index is 1.09. The average Bonchev–Trinajstić information content (AvgIpc) is 2.88. The van der Waals surface area contributed by atoms with Crippen LogP contribution in [0.5, 0.6) is 0 Å². The molecule has 4 rings (SSSR count). The summed E-state index contributed by atoms with van der Waals surface area (Å²) in [5.74, 6) is 0. The number of aromatic nitrogens is 1. The van der Waals surface area contributed by atoms with Crippen LogP contribution >= 0.6 is 0 Å². The lowest BCUT2D eigenvalue weighted by atomic mass is 10.0. The summed E-state index contributed by atoms with van der Waals surface area (Å²) in [5, 5.41) is 2.65. The standard InChI is InChI=1S/C21H19N/c1-3-15-8-10-16(11-9-15)17-12-13-19-18-6-4-5-7-20(18)22(2)21(19)14-17/h4-14H,3H2,1-2H3. The molecule has 108 valence electrons. The van der Waals surface area contributed by atoms with E-state index in [1.165, 1.54) is 38.5 Å². The van der Waals surface area contributed by atoms with Crippen LogP contribution in [0.2, 0.25) is 0 Å². The third-order valence-electron chi connectivity index (χ3n) is 4.61. The molecule has 1 heterocycles. The molecule has 3 aromatic carbocycles. The molecule has 1 nitrogen and oxygen atoms in total. The van der Waals surface area contributed by atoms with Gasteiger partial charge in [0, 0.05) is 28.9 Å². The average molecular weight is 285 g/mol. The Morgan fingerprint density at radius 3 is 2.18 bits per heavy atom. The van der Waals surface area contributed by atoms with Crippen LogP contribution in [0, 0.1) is 0 Å². The van der Waals surface area contributed by atoms with Crippen LogP contribution < -0.4 is 0 Å². The van der Waals surface area contributed by atoms with Crippen LogP contribution in [0.15, 0.2) is 66.7 Å². The summed E-state index contributed by atoms with van der Waals surface area (Å²) in [5.41, 5.74) is 6.52. The summed E-state index contributed by atoms with van der Waals surface area (Å²) in [6, 6.07) is 24.3. The van der Waals surface area contributed by atoms with Gasteiger partial charge in [0.25, 0.3) is 0 Å². The van der Waals surface area contributed by atoms with Crippen LogP contribution in [0.3, 0.4) is 0 Å². The van der Waals surface area contributed by atoms with E-state index < -0.39 is 0 Å². The molecule has 0 aliphatic carbocycles. The molecule has 22 heavy (non-hydrogen) atoms. The van der Waals surface area contributed by atoms with Crippen molar-refractivity contribution in [2.24, 2.45) is 7.05 Å². The Kier molecular flexibility index (Phi) is 3.00. The molecule has 0 atom stereocenters. The summed E-state index contributed by atoms with van der Waals surface area (Å²) < 4.78 is 2.29. The Labute approximate surface area is 130 Å². The van der Waals surface area contributed by atoms with E-state index >= 15 is 0 Å². The van der Waals surface area contributed by atoms with Crippen molar-refractivity contribution >= 4 is 21.8 Å². The number of hydrogen-bond acceptors (Lipinski definition) is 0. The van der Waals surface area contributed by atoms with Gasteiger partial charge in [-0.3, -0.25) is 0 Å². The molecule has 0 amide bonds. The smallest absolute Gasteiger partial charge is 0.0494 e. The molecule has 1 heteroatoms. The van der Waals surface area contributed by atoms with Crippen molar-refractivity contribution < 1.29 is 0 Å². The molecule has 0 fully saturated rings. The maximum absolute atomic E-state index is 2.30. The predicted molar refractivity (Wildman–Crippen MR) is 95.2 cm³/mol. The fourth-order valence-corrected chi connectivity index (χ4v) is 3.27. The number of nitrogens with zero attached hydrogens (tertiary/aromatic N) is 1. The van der Waals surface area contributed by atoms with Gasteiger partial charge in [0.15, 0.2) is 0 Å². The molecule has 0 aliphatic rings. The maximum Gasteiger partial charge on any atom is 0.0494 e. The van der Waals surface area contributed by atoms with Crippen molar-refractivity contribution in [3.8, 4) is 11.1 Å². The third kappa shape index (κ3) is 1.93. The van der Waals surface area contributed by atoms with Gasteiger partial charge in [-0.05, 0) is 35.2 Å². The summed E-state index contributed by atoms with van der Waals surface area (Å²) in [6.45, 7) is 2.19. The van der Waals surface area contributed by atoms with Crippen molar-refractivity contribution in [3.63, 3.8) is 0 Å². The molecule has 0 N–H and O–H groups in total. The second-order valence-corrected chi connectivity index (χ2v) is 5.86. The highest BCUT2D eigenvalue weighted by atomic mass is 14.9. The Morgan fingerprint density at radius 1 is 0.727 bits per heavy atom. The van der Waals surface area contributed by atoms with Gasteiger partial charge < -0.3 is 4.57 Å². The van der Waals surface area contributed by atoms with Crippen LogP contribution in [0.1, 0.15) is 12.5 Å². The molecule has 0 aliphatic heterocycles. The zero-order valence-corrected chi connectivity index (χ0v) is 13.0. The molecule has 0 unspecified atom stereocenters. The number of fused-ring (bicyclic) bond motifs is 3. The highest BCUT2D eigenvalue weighted by Crippen LogP contribution is 2.31. The minimum Gasteiger partial charge on any atom is -0.344 e. The van der Waals surface area contributed by atoms with Crippen molar-refractivity contribution in [3.05, 3.63) is 72.3 Å². The summed E-state index contributed by atoms with van der Waals surface area (Å²) in [6.07, 6.45) is 1.09. The topological polar surface area (TPSA) is 4.93 Å². The minimum atomic E-state index is 1.09. The second kappa shape index (κ2) is 5.03. The van der Waals surface area contributed by atoms with Gasteiger partial charge >= 0.3 is 0 Å². The zero-order valence-electron chi connectivity index (χ0n) is 13.0. The van der Waals surface area contributed by atoms with E-state index in [4.69, 9.17) is 0 Å². The van der Waals surface area contributed by atoms with Gasteiger partial charge in [0.05, 0.1) is 0 Å². The Bertz CT molecular complexity index is 958. The lowest BCUT2D eigenvalue weighted by Crippen LogP contribution is -1.87. The Morgan fingerprint density at radius 2 is 1.41 bits per heavy atom. The number of aryl methyl sites for hydroxylation is 2. The fourth-order valence-electron chi connectivity index (χ4n) is 3.27. The van der Waals surface area contributed by atoms with E-state index in [-0.39, 0.29) is 0 Å². The van der Waals surface area contributed by atoms with Crippen molar-refractivity contribution in [2.75, 3.05) is 0 Å². The highest BCUT2D eigenvalue weighted by Gasteiger charge is 2.08. The first-order valence-corrected chi connectivity index (χ1v) is 7.84. The zero-order chi connectivity index (χ0) is 15.1. The van der Waals surface area contributed by atoms with E-state index in [1.807, 2.05) is 0 Å². The molecule has 0 radical (unpaired) electrons. The second-order valence-electron chi connectivity index (χ2n) is 5.86. The maximum atomic E-state index is 2.30. The first-order chi connectivity index (χ1) is 10.8. The first-order valence-electron chi connectivity index (χ1n) is 7.84. The van der Waals surface area contributed by atoms with Gasteiger partial charge in [-0.2, -0.15) is 0 Å². The third-order valence-corrected chi connectivity index (χ3v) is 4.61. The summed E-state index contributed by atoms with van der Waals surface area (Å²) in [7, 11) is 2.15. The predicted octanol–water partition coefficient (Wildman–Crippen LogP) is 5.56. The molecule has 1 aromatic heterocycles. The number of para-hydroxylation sites is 1.